The fraction of sp³-hybridized carbons (Fsp3) is 0.875. The predicted octanol–water partition coefficient (Wildman–Crippen LogP) is 5.13. The summed E-state index contributed by atoms with van der Waals surface area (Å²) in [5.41, 5.74) is -2.25. The van der Waals surface area contributed by atoms with Crippen molar-refractivity contribution in [1.82, 2.24) is 0 Å². The maximum Gasteiger partial charge on any atom is 0.302 e. The van der Waals surface area contributed by atoms with Gasteiger partial charge in [-0.15, -0.1) is 0 Å². The Hall–Kier alpha value is -1.88. The van der Waals surface area contributed by atoms with Crippen molar-refractivity contribution in [3.05, 3.63) is 0 Å². The van der Waals surface area contributed by atoms with E-state index in [1.807, 2.05) is 13.8 Å². The lowest BCUT2D eigenvalue weighted by Gasteiger charge is -2.64. The number of Topliss-reactive ketones (excluding diaryl/α,β-unsaturated/α-hetero) is 2. The summed E-state index contributed by atoms with van der Waals surface area (Å²) >= 11 is 0. The van der Waals surface area contributed by atoms with E-state index in [9.17, 15) is 19.2 Å². The van der Waals surface area contributed by atoms with Crippen LogP contribution in [-0.2, 0) is 48.2 Å². The molecule has 0 N–H and O–H groups in total. The second kappa shape index (κ2) is 10.3. The van der Waals surface area contributed by atoms with Gasteiger partial charge in [0, 0.05) is 37.5 Å². The molecule has 4 aliphatic carbocycles. The molecule has 6 fully saturated rings. The summed E-state index contributed by atoms with van der Waals surface area (Å²) in [7, 11) is 0. The SMILES string of the molecule is CC(=O)O[C@@H]1CC[C@@]23C[C@@H]1OO[C@@]2(C)C(=O)CCC3(C)C.CC(=O)O[C@@H]1CC[C@@]23C[C@@H]1OO[C@@]2(C)C(=O)CCC3(C)C. The molecule has 42 heavy (non-hydrogen) atoms. The second-order valence-electron chi connectivity index (χ2n) is 15.1. The molecule has 2 heterocycles. The summed E-state index contributed by atoms with van der Waals surface area (Å²) in [6.07, 6.45) is 6.21. The van der Waals surface area contributed by atoms with Crippen molar-refractivity contribution < 1.29 is 48.2 Å². The molecule has 10 nitrogen and oxygen atoms in total. The standard InChI is InChI=1S/2C16H24O5/c2*1-10(17)19-11-5-8-16-9-12(11)20-21-15(16,4)13(18)6-7-14(16,2)3/h2*11-12H,5-9H2,1-4H3/t2*11-,12+,15+,16+/m11/s1. The van der Waals surface area contributed by atoms with Crippen LogP contribution in [0.2, 0.25) is 0 Å². The smallest absolute Gasteiger partial charge is 0.302 e. The molecule has 4 saturated carbocycles. The number of fused-ring (bicyclic) bond motifs is 2. The van der Waals surface area contributed by atoms with Gasteiger partial charge in [0.1, 0.15) is 24.4 Å². The quantitative estimate of drug-likeness (QED) is 0.315. The van der Waals surface area contributed by atoms with E-state index in [2.05, 4.69) is 27.7 Å². The first-order valence-corrected chi connectivity index (χ1v) is 15.5. The van der Waals surface area contributed by atoms with Gasteiger partial charge in [0.05, 0.1) is 0 Å². The van der Waals surface area contributed by atoms with Gasteiger partial charge in [-0.3, -0.25) is 19.2 Å². The molecular weight excluding hydrogens is 544 g/mol. The van der Waals surface area contributed by atoms with Crippen LogP contribution in [0.5, 0.6) is 0 Å². The molecule has 0 unspecified atom stereocenters. The van der Waals surface area contributed by atoms with Crippen LogP contribution in [-0.4, -0.2) is 59.1 Å². The first-order chi connectivity index (χ1) is 19.4. The monoisotopic (exact) mass is 592 g/mol. The molecule has 6 rings (SSSR count). The van der Waals surface area contributed by atoms with E-state index < -0.39 is 11.2 Å². The van der Waals surface area contributed by atoms with Crippen molar-refractivity contribution >= 4 is 23.5 Å². The average Bonchev–Trinajstić information content (AvgIpc) is 2.91. The summed E-state index contributed by atoms with van der Waals surface area (Å²) in [5.74, 6) is -0.337. The molecule has 0 amide bonds. The number of rotatable bonds is 2. The molecular formula is C32H48O10. The normalized spacial score (nSPS) is 44.9. The third-order valence-electron chi connectivity index (χ3n) is 12.4. The minimum atomic E-state index is -0.882. The zero-order chi connectivity index (χ0) is 30.9. The van der Waals surface area contributed by atoms with E-state index in [0.29, 0.717) is 25.7 Å². The molecule has 8 atom stereocenters. The minimum Gasteiger partial charge on any atom is -0.460 e. The number of esters is 2. The van der Waals surface area contributed by atoms with E-state index >= 15 is 0 Å². The van der Waals surface area contributed by atoms with E-state index in [1.165, 1.54) is 13.8 Å². The Morgan fingerprint density at radius 1 is 0.643 bits per heavy atom. The lowest BCUT2D eigenvalue weighted by Crippen LogP contribution is -2.70. The number of carbonyl (C=O) groups is 4. The molecule has 2 saturated heterocycles. The summed E-state index contributed by atoms with van der Waals surface area (Å²) in [5, 5.41) is 0. The molecule has 236 valence electrons. The maximum atomic E-state index is 12.5. The molecule has 0 aromatic carbocycles. The van der Waals surface area contributed by atoms with Gasteiger partial charge >= 0.3 is 11.9 Å². The van der Waals surface area contributed by atoms with Gasteiger partial charge in [0.25, 0.3) is 0 Å². The van der Waals surface area contributed by atoms with Gasteiger partial charge in [0.15, 0.2) is 22.8 Å². The van der Waals surface area contributed by atoms with Crippen molar-refractivity contribution in [3.63, 3.8) is 0 Å². The zero-order valence-electron chi connectivity index (χ0n) is 26.5. The van der Waals surface area contributed by atoms with Gasteiger partial charge in [-0.1, -0.05) is 27.7 Å². The number of ketones is 2. The third kappa shape index (κ3) is 4.49. The van der Waals surface area contributed by atoms with Crippen LogP contribution in [0.4, 0.5) is 0 Å². The first-order valence-electron chi connectivity index (χ1n) is 15.5. The van der Waals surface area contributed by atoms with Crippen LogP contribution in [0.1, 0.15) is 120 Å². The van der Waals surface area contributed by atoms with E-state index in [4.69, 9.17) is 29.0 Å². The van der Waals surface area contributed by atoms with Crippen LogP contribution in [0.3, 0.4) is 0 Å². The van der Waals surface area contributed by atoms with Gasteiger partial charge in [0.2, 0.25) is 0 Å². The van der Waals surface area contributed by atoms with Gasteiger partial charge in [-0.05, 0) is 76.0 Å². The lowest BCUT2D eigenvalue weighted by molar-refractivity contribution is -0.456. The maximum absolute atomic E-state index is 12.5. The Kier molecular flexibility index (Phi) is 7.77. The molecule has 2 aliphatic heterocycles. The van der Waals surface area contributed by atoms with Gasteiger partial charge < -0.3 is 9.47 Å². The Labute approximate surface area is 248 Å². The third-order valence-corrected chi connectivity index (χ3v) is 12.4. The Bertz CT molecular complexity index is 1060. The molecule has 0 aromatic heterocycles. The molecule has 6 aliphatic rings. The van der Waals surface area contributed by atoms with Crippen molar-refractivity contribution in [3.8, 4) is 0 Å². The second-order valence-corrected chi connectivity index (χ2v) is 15.1. The highest BCUT2D eigenvalue weighted by Crippen LogP contribution is 2.66. The van der Waals surface area contributed by atoms with E-state index in [0.717, 1.165) is 38.5 Å². The largest absolute Gasteiger partial charge is 0.460 e. The number of hydrogen-bond acceptors (Lipinski definition) is 10. The van der Waals surface area contributed by atoms with E-state index in [-0.39, 0.29) is 69.6 Å². The van der Waals surface area contributed by atoms with Crippen molar-refractivity contribution in [2.24, 2.45) is 21.7 Å². The molecule has 2 spiro atoms. The number of hydrogen-bond donors (Lipinski definition) is 0. The van der Waals surface area contributed by atoms with Crippen LogP contribution in [0.25, 0.3) is 0 Å². The highest BCUT2D eigenvalue weighted by atomic mass is 17.2. The average molecular weight is 593 g/mol. The van der Waals surface area contributed by atoms with Crippen molar-refractivity contribution in [2.45, 2.75) is 155 Å². The Balaban J connectivity index is 0.000000168. The fourth-order valence-corrected chi connectivity index (χ4v) is 9.49. The van der Waals surface area contributed by atoms with Crippen molar-refractivity contribution in [2.75, 3.05) is 0 Å². The van der Waals surface area contributed by atoms with Gasteiger partial charge in [-0.25, -0.2) is 19.6 Å². The predicted molar refractivity (Wildman–Crippen MR) is 148 cm³/mol. The molecule has 4 bridgehead atoms. The zero-order valence-corrected chi connectivity index (χ0v) is 26.5. The number of ether oxygens (including phenoxy) is 2. The summed E-state index contributed by atoms with van der Waals surface area (Å²) in [4.78, 5) is 69.7. The van der Waals surface area contributed by atoms with Crippen LogP contribution < -0.4 is 0 Å². The highest BCUT2D eigenvalue weighted by molar-refractivity contribution is 5.90. The molecule has 0 aromatic rings. The summed E-state index contributed by atoms with van der Waals surface area (Å²) < 4.78 is 10.7. The highest BCUT2D eigenvalue weighted by Gasteiger charge is 2.70. The molecule has 0 radical (unpaired) electrons. The summed E-state index contributed by atoms with van der Waals surface area (Å²) in [6.45, 7) is 15.4. The number of carbonyl (C=O) groups excluding carboxylic acids is 4. The van der Waals surface area contributed by atoms with Crippen LogP contribution in [0.15, 0.2) is 0 Å². The fourth-order valence-electron chi connectivity index (χ4n) is 9.49. The van der Waals surface area contributed by atoms with Crippen LogP contribution in [0, 0.1) is 21.7 Å². The minimum absolute atomic E-state index is 0.00111. The first kappa shape index (κ1) is 31.5. The van der Waals surface area contributed by atoms with Gasteiger partial charge in [-0.2, -0.15) is 0 Å². The Morgan fingerprint density at radius 2 is 1.00 bits per heavy atom. The summed E-state index contributed by atoms with van der Waals surface area (Å²) in [6, 6.07) is 0. The van der Waals surface area contributed by atoms with Crippen LogP contribution >= 0.6 is 0 Å². The topological polar surface area (TPSA) is 124 Å². The van der Waals surface area contributed by atoms with Crippen molar-refractivity contribution in [1.29, 1.82) is 0 Å². The lowest BCUT2D eigenvalue weighted by atomic mass is 9.45. The van der Waals surface area contributed by atoms with E-state index in [1.54, 1.807) is 0 Å². The molecule has 10 heteroatoms. The Morgan fingerprint density at radius 3 is 1.33 bits per heavy atom.